The van der Waals surface area contributed by atoms with E-state index in [0.717, 1.165) is 30.9 Å². The standard InChI is InChI=1S/C19H21FN4O/c1-23-18(8-9-21-23)15-3-2-10-24(11-15)12-17-13-25-19(22-17)14-4-6-16(20)7-5-14/h4-9,13,15H,2-3,10-12H2,1H3/t15-/m1/s1. The maximum Gasteiger partial charge on any atom is 0.226 e. The summed E-state index contributed by atoms with van der Waals surface area (Å²) < 4.78 is 20.6. The number of nitrogens with zero attached hydrogens (tertiary/aromatic N) is 4. The van der Waals surface area contributed by atoms with Crippen LogP contribution in [0, 0.1) is 5.82 Å². The van der Waals surface area contributed by atoms with Gasteiger partial charge in [-0.3, -0.25) is 9.58 Å². The van der Waals surface area contributed by atoms with Crippen LogP contribution >= 0.6 is 0 Å². The largest absolute Gasteiger partial charge is 0.444 e. The van der Waals surface area contributed by atoms with Gasteiger partial charge in [-0.1, -0.05) is 0 Å². The van der Waals surface area contributed by atoms with Crippen molar-refractivity contribution in [1.82, 2.24) is 19.7 Å². The normalized spacial score (nSPS) is 18.6. The van der Waals surface area contributed by atoms with E-state index >= 15 is 0 Å². The summed E-state index contributed by atoms with van der Waals surface area (Å²) in [5.41, 5.74) is 2.99. The average Bonchev–Trinajstić information content (AvgIpc) is 3.25. The van der Waals surface area contributed by atoms with Crippen LogP contribution < -0.4 is 0 Å². The van der Waals surface area contributed by atoms with E-state index in [2.05, 4.69) is 21.0 Å². The number of hydrogen-bond donors (Lipinski definition) is 0. The van der Waals surface area contributed by atoms with Crippen molar-refractivity contribution in [2.45, 2.75) is 25.3 Å². The van der Waals surface area contributed by atoms with Crippen LogP contribution in [0.15, 0.2) is 47.2 Å². The van der Waals surface area contributed by atoms with Gasteiger partial charge in [0.1, 0.15) is 12.1 Å². The molecule has 2 aromatic heterocycles. The molecule has 0 unspecified atom stereocenters. The fourth-order valence-corrected chi connectivity index (χ4v) is 3.56. The molecular formula is C19H21FN4O. The van der Waals surface area contributed by atoms with E-state index in [1.54, 1.807) is 18.4 Å². The van der Waals surface area contributed by atoms with Crippen molar-refractivity contribution in [3.63, 3.8) is 0 Å². The van der Waals surface area contributed by atoms with Gasteiger partial charge in [0, 0.05) is 43.5 Å². The molecule has 0 radical (unpaired) electrons. The summed E-state index contributed by atoms with van der Waals surface area (Å²) in [6, 6.07) is 8.32. The minimum atomic E-state index is -0.259. The molecule has 1 atom stereocenters. The summed E-state index contributed by atoms with van der Waals surface area (Å²) in [4.78, 5) is 6.97. The SMILES string of the molecule is Cn1nccc1[C@@H]1CCCN(Cc2coc(-c3ccc(F)cc3)n2)C1. The van der Waals surface area contributed by atoms with Crippen molar-refractivity contribution in [3.05, 3.63) is 60.0 Å². The van der Waals surface area contributed by atoms with E-state index in [0.29, 0.717) is 11.8 Å². The minimum absolute atomic E-state index is 0.259. The quantitative estimate of drug-likeness (QED) is 0.728. The molecule has 6 heteroatoms. The summed E-state index contributed by atoms with van der Waals surface area (Å²) in [5, 5.41) is 4.29. The van der Waals surface area contributed by atoms with E-state index in [-0.39, 0.29) is 5.82 Å². The average molecular weight is 340 g/mol. The number of piperidine rings is 1. The Morgan fingerprint density at radius 3 is 2.84 bits per heavy atom. The topological polar surface area (TPSA) is 47.1 Å². The molecule has 0 amide bonds. The van der Waals surface area contributed by atoms with Gasteiger partial charge >= 0.3 is 0 Å². The molecular weight excluding hydrogens is 319 g/mol. The molecule has 1 aliphatic heterocycles. The Balaban J connectivity index is 1.44. The third-order valence-electron chi connectivity index (χ3n) is 4.81. The highest BCUT2D eigenvalue weighted by Gasteiger charge is 2.24. The molecule has 1 aliphatic rings. The van der Waals surface area contributed by atoms with Crippen LogP contribution in [-0.4, -0.2) is 32.8 Å². The molecule has 3 aromatic rings. The van der Waals surface area contributed by atoms with Crippen molar-refractivity contribution < 1.29 is 8.81 Å². The second-order valence-electron chi connectivity index (χ2n) is 6.60. The summed E-state index contributed by atoms with van der Waals surface area (Å²) in [6.45, 7) is 2.82. The van der Waals surface area contributed by atoms with Gasteiger partial charge < -0.3 is 4.42 Å². The van der Waals surface area contributed by atoms with Gasteiger partial charge in [-0.05, 0) is 49.7 Å². The zero-order valence-electron chi connectivity index (χ0n) is 14.2. The first-order valence-corrected chi connectivity index (χ1v) is 8.59. The number of halogens is 1. The molecule has 5 nitrogen and oxygen atoms in total. The third kappa shape index (κ3) is 3.49. The molecule has 1 fully saturated rings. The molecule has 1 aromatic carbocycles. The molecule has 4 rings (SSSR count). The van der Waals surface area contributed by atoms with E-state index in [9.17, 15) is 4.39 Å². The van der Waals surface area contributed by atoms with Gasteiger partial charge in [0.25, 0.3) is 0 Å². The predicted octanol–water partition coefficient (Wildman–Crippen LogP) is 3.59. The van der Waals surface area contributed by atoms with E-state index in [4.69, 9.17) is 4.42 Å². The van der Waals surface area contributed by atoms with Crippen molar-refractivity contribution in [2.75, 3.05) is 13.1 Å². The van der Waals surface area contributed by atoms with Crippen LogP contribution in [0.2, 0.25) is 0 Å². The summed E-state index contributed by atoms with van der Waals surface area (Å²) in [5.74, 6) is 0.782. The molecule has 0 spiro atoms. The van der Waals surface area contributed by atoms with E-state index in [1.165, 1.54) is 30.7 Å². The van der Waals surface area contributed by atoms with Crippen molar-refractivity contribution in [2.24, 2.45) is 7.05 Å². The Hall–Kier alpha value is -2.47. The monoisotopic (exact) mass is 340 g/mol. The second kappa shape index (κ2) is 6.80. The molecule has 3 heterocycles. The van der Waals surface area contributed by atoms with E-state index in [1.807, 2.05) is 17.9 Å². The summed E-state index contributed by atoms with van der Waals surface area (Å²) in [6.07, 6.45) is 5.92. The number of rotatable bonds is 4. The van der Waals surface area contributed by atoms with Gasteiger partial charge in [-0.15, -0.1) is 0 Å². The number of oxazole rings is 1. The first-order chi connectivity index (χ1) is 12.2. The Morgan fingerprint density at radius 2 is 2.08 bits per heavy atom. The molecule has 1 saturated heterocycles. The Bertz CT molecular complexity index is 839. The number of likely N-dealkylation sites (tertiary alicyclic amines) is 1. The lowest BCUT2D eigenvalue weighted by molar-refractivity contribution is 0.194. The van der Waals surface area contributed by atoms with Gasteiger partial charge in [-0.2, -0.15) is 5.10 Å². The van der Waals surface area contributed by atoms with Crippen LogP contribution in [0.4, 0.5) is 4.39 Å². The summed E-state index contributed by atoms with van der Waals surface area (Å²) >= 11 is 0. The highest BCUT2D eigenvalue weighted by Crippen LogP contribution is 2.27. The maximum absolute atomic E-state index is 13.0. The number of benzene rings is 1. The lowest BCUT2D eigenvalue weighted by Gasteiger charge is -2.32. The van der Waals surface area contributed by atoms with Crippen molar-refractivity contribution in [1.29, 1.82) is 0 Å². The Morgan fingerprint density at radius 1 is 1.24 bits per heavy atom. The van der Waals surface area contributed by atoms with Crippen LogP contribution in [0.3, 0.4) is 0 Å². The Kier molecular flexibility index (Phi) is 4.36. The van der Waals surface area contributed by atoms with Gasteiger partial charge in [0.05, 0.1) is 5.69 Å². The molecule has 0 saturated carbocycles. The van der Waals surface area contributed by atoms with Crippen molar-refractivity contribution >= 4 is 0 Å². The van der Waals surface area contributed by atoms with Crippen LogP contribution in [0.5, 0.6) is 0 Å². The van der Waals surface area contributed by atoms with Crippen molar-refractivity contribution in [3.8, 4) is 11.5 Å². The molecule has 0 bridgehead atoms. The first kappa shape index (κ1) is 16.0. The number of hydrogen-bond acceptors (Lipinski definition) is 4. The molecule has 130 valence electrons. The van der Waals surface area contributed by atoms with Crippen LogP contribution in [0.25, 0.3) is 11.5 Å². The fourth-order valence-electron chi connectivity index (χ4n) is 3.56. The summed E-state index contributed by atoms with van der Waals surface area (Å²) in [7, 11) is 2.00. The van der Waals surface area contributed by atoms with Gasteiger partial charge in [-0.25, -0.2) is 9.37 Å². The highest BCUT2D eigenvalue weighted by atomic mass is 19.1. The zero-order valence-corrected chi connectivity index (χ0v) is 14.2. The molecule has 0 N–H and O–H groups in total. The first-order valence-electron chi connectivity index (χ1n) is 8.59. The van der Waals surface area contributed by atoms with Crippen LogP contribution in [-0.2, 0) is 13.6 Å². The highest BCUT2D eigenvalue weighted by molar-refractivity contribution is 5.52. The molecule has 25 heavy (non-hydrogen) atoms. The van der Waals surface area contributed by atoms with E-state index < -0.39 is 0 Å². The second-order valence-corrected chi connectivity index (χ2v) is 6.60. The Labute approximate surface area is 146 Å². The fraction of sp³-hybridized carbons (Fsp3) is 0.368. The smallest absolute Gasteiger partial charge is 0.226 e. The van der Waals surface area contributed by atoms with Gasteiger partial charge in [0.15, 0.2) is 0 Å². The third-order valence-corrected chi connectivity index (χ3v) is 4.81. The minimum Gasteiger partial charge on any atom is -0.444 e. The maximum atomic E-state index is 13.0. The zero-order chi connectivity index (χ0) is 17.2. The molecule has 0 aliphatic carbocycles. The predicted molar refractivity (Wildman–Crippen MR) is 92.4 cm³/mol. The van der Waals surface area contributed by atoms with Crippen LogP contribution in [0.1, 0.15) is 30.1 Å². The lowest BCUT2D eigenvalue weighted by atomic mass is 9.94. The van der Waals surface area contributed by atoms with Gasteiger partial charge in [0.2, 0.25) is 5.89 Å². The number of aryl methyl sites for hydroxylation is 1. The number of aromatic nitrogens is 3. The lowest BCUT2D eigenvalue weighted by Crippen LogP contribution is -2.34.